The van der Waals surface area contributed by atoms with Gasteiger partial charge >= 0.3 is 0 Å². The maximum atomic E-state index is 6.72. The van der Waals surface area contributed by atoms with Crippen LogP contribution in [0.1, 0.15) is 0 Å². The highest BCUT2D eigenvalue weighted by Gasteiger charge is 2.40. The van der Waals surface area contributed by atoms with Gasteiger partial charge in [0.2, 0.25) is 0 Å². The minimum absolute atomic E-state index is 0.0520. The number of hydrogen-bond donors (Lipinski definition) is 0. The van der Waals surface area contributed by atoms with Crippen molar-refractivity contribution in [3.05, 3.63) is 158 Å². The number of rotatable bonds is 2. The van der Waals surface area contributed by atoms with E-state index in [4.69, 9.17) is 9.47 Å². The van der Waals surface area contributed by atoms with E-state index >= 15 is 0 Å². The average Bonchev–Trinajstić information content (AvgIpc) is 3.87. The predicted molar refractivity (Wildman–Crippen MR) is 223 cm³/mol. The molecule has 53 heavy (non-hydrogen) atoms. The fourth-order valence-electron chi connectivity index (χ4n) is 9.50. The second-order valence-corrected chi connectivity index (χ2v) is 15.4. The molecule has 0 unspecified atom stereocenters. The molecule has 0 spiro atoms. The molecule has 3 nitrogen and oxygen atoms in total. The molecule has 0 radical (unpaired) electrons. The number of fused-ring (bicyclic) bond motifs is 13. The molecule has 3 aromatic heterocycles. The molecule has 2 aliphatic rings. The summed E-state index contributed by atoms with van der Waals surface area (Å²) >= 11 is 1.86. The first kappa shape index (κ1) is 28.1. The van der Waals surface area contributed by atoms with Crippen LogP contribution >= 0.6 is 11.3 Å². The van der Waals surface area contributed by atoms with Gasteiger partial charge in [-0.25, -0.2) is 0 Å². The van der Waals surface area contributed by atoms with E-state index in [1.165, 1.54) is 85.9 Å². The van der Waals surface area contributed by atoms with Crippen LogP contribution in [-0.4, -0.2) is 11.1 Å². The number of hydrogen-bond acceptors (Lipinski definition) is 3. The molecule has 13 rings (SSSR count). The molecule has 0 saturated carbocycles. The van der Waals surface area contributed by atoms with Gasteiger partial charge in [0.15, 0.2) is 0 Å². The monoisotopic (exact) mass is 691 g/mol. The van der Waals surface area contributed by atoms with Crippen molar-refractivity contribution in [2.24, 2.45) is 0 Å². The summed E-state index contributed by atoms with van der Waals surface area (Å²) in [5.74, 6) is 3.52. The lowest BCUT2D eigenvalue weighted by molar-refractivity contribution is 0.465. The first-order valence-corrected chi connectivity index (χ1v) is 18.9. The zero-order valence-corrected chi connectivity index (χ0v) is 29.1. The van der Waals surface area contributed by atoms with Crippen molar-refractivity contribution in [1.82, 2.24) is 4.40 Å². The Labute approximate surface area is 308 Å². The summed E-state index contributed by atoms with van der Waals surface area (Å²) in [4.78, 5) is 0. The SMILES string of the molecule is c1ccc2c(c1)Oc1cc(-c3cccc4sc5cccc(-c6cc7c8ccccc8n8c9ccccc9c(c6)c78)c5c34)cc3c1B2c1ccccc1O3. The molecular formula is C48H26BNO2S. The van der Waals surface area contributed by atoms with Gasteiger partial charge in [0, 0.05) is 47.2 Å². The Morgan fingerprint density at radius 2 is 0.925 bits per heavy atom. The second-order valence-electron chi connectivity index (χ2n) is 14.3. The molecule has 0 saturated heterocycles. The lowest BCUT2D eigenvalue weighted by atomic mass is 9.35. The van der Waals surface area contributed by atoms with Crippen molar-refractivity contribution in [3.63, 3.8) is 0 Å². The number of nitrogens with zero attached hydrogens (tertiary/aromatic N) is 1. The number of benzene rings is 8. The van der Waals surface area contributed by atoms with E-state index in [-0.39, 0.29) is 6.71 Å². The van der Waals surface area contributed by atoms with Crippen molar-refractivity contribution in [2.45, 2.75) is 0 Å². The topological polar surface area (TPSA) is 22.9 Å². The third kappa shape index (κ3) is 3.64. The molecule has 0 bridgehead atoms. The maximum Gasteiger partial charge on any atom is 0.260 e. The Kier molecular flexibility index (Phi) is 5.33. The summed E-state index contributed by atoms with van der Waals surface area (Å²) in [6.07, 6.45) is 0. The van der Waals surface area contributed by atoms with Gasteiger partial charge < -0.3 is 13.9 Å². The summed E-state index contributed by atoms with van der Waals surface area (Å²) in [5.41, 5.74) is 12.0. The van der Waals surface area contributed by atoms with Crippen LogP contribution in [0.25, 0.3) is 80.5 Å². The molecule has 8 aromatic carbocycles. The third-order valence-electron chi connectivity index (χ3n) is 11.6. The molecule has 5 heteroatoms. The molecule has 0 N–H and O–H groups in total. The van der Waals surface area contributed by atoms with Gasteiger partial charge in [-0.15, -0.1) is 11.3 Å². The Balaban J connectivity index is 1.08. The molecule has 0 amide bonds. The maximum absolute atomic E-state index is 6.72. The fraction of sp³-hybridized carbons (Fsp3) is 0. The van der Waals surface area contributed by atoms with Gasteiger partial charge in [-0.2, -0.15) is 0 Å². The Bertz CT molecular complexity index is 3220. The largest absolute Gasteiger partial charge is 0.458 e. The van der Waals surface area contributed by atoms with Crippen molar-refractivity contribution < 1.29 is 9.47 Å². The summed E-state index contributed by atoms with van der Waals surface area (Å²) in [6.45, 7) is 0.0520. The average molecular weight is 692 g/mol. The standard InChI is InChI=1S/C48H26BNO2S/c1-5-17-37-31(11-1)33-23-27(24-34-32-12-2-6-18-38(32)50(37)48(33)34)29-13-9-21-43-45(29)46-30(14-10-22-44(46)53-43)28-25-41-47-42(26-28)52-40-20-8-4-16-36(40)49(47)35-15-3-7-19-39(35)51-41/h1-26H. The van der Waals surface area contributed by atoms with Gasteiger partial charge in [-0.1, -0.05) is 97.1 Å². The van der Waals surface area contributed by atoms with E-state index < -0.39 is 0 Å². The van der Waals surface area contributed by atoms with Crippen molar-refractivity contribution in [3.8, 4) is 45.3 Å². The van der Waals surface area contributed by atoms with Crippen molar-refractivity contribution >= 4 is 92.7 Å². The highest BCUT2D eigenvalue weighted by molar-refractivity contribution is 7.26. The van der Waals surface area contributed by atoms with Crippen LogP contribution in [0.5, 0.6) is 23.0 Å². The van der Waals surface area contributed by atoms with E-state index in [0.29, 0.717) is 0 Å². The summed E-state index contributed by atoms with van der Waals surface area (Å²) in [6, 6.07) is 57.3. The van der Waals surface area contributed by atoms with E-state index in [9.17, 15) is 0 Å². The van der Waals surface area contributed by atoms with Crippen LogP contribution in [0.3, 0.4) is 0 Å². The summed E-state index contributed by atoms with van der Waals surface area (Å²) in [7, 11) is 0. The summed E-state index contributed by atoms with van der Waals surface area (Å²) in [5, 5.41) is 7.70. The lowest BCUT2D eigenvalue weighted by Gasteiger charge is -2.33. The van der Waals surface area contributed by atoms with E-state index in [0.717, 1.165) is 34.0 Å². The zero-order chi connectivity index (χ0) is 34.4. The summed E-state index contributed by atoms with van der Waals surface area (Å²) < 4.78 is 18.4. The normalized spacial score (nSPS) is 13.2. The first-order chi connectivity index (χ1) is 26.3. The van der Waals surface area contributed by atoms with Gasteiger partial charge in [0.1, 0.15) is 23.0 Å². The Hall–Kier alpha value is -6.56. The first-order valence-electron chi connectivity index (χ1n) is 18.1. The van der Waals surface area contributed by atoms with Gasteiger partial charge in [0.25, 0.3) is 6.71 Å². The number of ether oxygens (including phenoxy) is 2. The van der Waals surface area contributed by atoms with E-state index in [1.54, 1.807) is 0 Å². The molecule has 11 aromatic rings. The highest BCUT2D eigenvalue weighted by atomic mass is 32.1. The zero-order valence-electron chi connectivity index (χ0n) is 28.3. The van der Waals surface area contributed by atoms with Crippen LogP contribution in [0, 0.1) is 0 Å². The smallest absolute Gasteiger partial charge is 0.260 e. The second kappa shape index (κ2) is 10.1. The van der Waals surface area contributed by atoms with Gasteiger partial charge in [0.05, 0.1) is 16.6 Å². The quantitative estimate of drug-likeness (QED) is 0.168. The number of para-hydroxylation sites is 4. The highest BCUT2D eigenvalue weighted by Crippen LogP contribution is 2.48. The van der Waals surface area contributed by atoms with Crippen LogP contribution in [0.2, 0.25) is 0 Å². The van der Waals surface area contributed by atoms with E-state index in [1.807, 2.05) is 11.3 Å². The van der Waals surface area contributed by atoms with Gasteiger partial charge in [-0.05, 0) is 93.8 Å². The van der Waals surface area contributed by atoms with Crippen LogP contribution in [0.4, 0.5) is 0 Å². The van der Waals surface area contributed by atoms with Crippen molar-refractivity contribution in [1.29, 1.82) is 0 Å². The Morgan fingerprint density at radius 1 is 0.434 bits per heavy atom. The Morgan fingerprint density at radius 3 is 1.49 bits per heavy atom. The minimum atomic E-state index is 0.0520. The van der Waals surface area contributed by atoms with Gasteiger partial charge in [-0.3, -0.25) is 0 Å². The van der Waals surface area contributed by atoms with Crippen molar-refractivity contribution in [2.75, 3.05) is 0 Å². The minimum Gasteiger partial charge on any atom is -0.458 e. The predicted octanol–water partition coefficient (Wildman–Crippen LogP) is 11.3. The van der Waals surface area contributed by atoms with Crippen LogP contribution in [0.15, 0.2) is 158 Å². The molecule has 0 fully saturated rings. The van der Waals surface area contributed by atoms with E-state index in [2.05, 4.69) is 162 Å². The third-order valence-corrected chi connectivity index (χ3v) is 12.8. The van der Waals surface area contributed by atoms with Crippen LogP contribution in [-0.2, 0) is 0 Å². The molecule has 244 valence electrons. The molecular weight excluding hydrogens is 665 g/mol. The molecule has 0 aliphatic carbocycles. The molecule has 5 heterocycles. The number of aromatic nitrogens is 1. The molecule has 2 aliphatic heterocycles. The fourth-order valence-corrected chi connectivity index (χ4v) is 10.7. The van der Waals surface area contributed by atoms with Crippen LogP contribution < -0.4 is 25.9 Å². The lowest BCUT2D eigenvalue weighted by Crippen LogP contribution is -2.57. The molecule has 0 atom stereocenters. The number of thiophene rings is 1.